The van der Waals surface area contributed by atoms with Crippen LogP contribution in [-0.4, -0.2) is 22.1 Å². The summed E-state index contributed by atoms with van der Waals surface area (Å²) in [5.74, 6) is 0.984. The summed E-state index contributed by atoms with van der Waals surface area (Å²) >= 11 is 12.0. The molecule has 0 unspecified atom stereocenters. The fraction of sp³-hybridized carbons (Fsp3) is 0.100. The molecule has 1 aromatic heterocycles. The molecular formula is C10H7Cl2N3O. The maximum absolute atomic E-state index is 6.08. The van der Waals surface area contributed by atoms with E-state index in [2.05, 4.69) is 15.0 Å². The van der Waals surface area contributed by atoms with Crippen LogP contribution in [0.15, 0.2) is 24.8 Å². The quantitative estimate of drug-likeness (QED) is 0.828. The number of ether oxygens (including phenoxy) is 1. The van der Waals surface area contributed by atoms with Gasteiger partial charge in [-0.3, -0.25) is 0 Å². The largest absolute Gasteiger partial charge is 0.496 e. The lowest BCUT2D eigenvalue weighted by Crippen LogP contribution is -1.94. The summed E-state index contributed by atoms with van der Waals surface area (Å²) in [5, 5.41) is 0.940. The summed E-state index contributed by atoms with van der Waals surface area (Å²) in [6, 6.07) is 3.28. The Labute approximate surface area is 102 Å². The maximum atomic E-state index is 6.08. The third kappa shape index (κ3) is 2.08. The molecule has 16 heavy (non-hydrogen) atoms. The van der Waals surface area contributed by atoms with Gasteiger partial charge in [0.05, 0.1) is 17.7 Å². The molecule has 82 valence electrons. The van der Waals surface area contributed by atoms with E-state index in [1.54, 1.807) is 12.1 Å². The average Bonchev–Trinajstić information content (AvgIpc) is 2.29. The van der Waals surface area contributed by atoms with E-state index in [4.69, 9.17) is 27.9 Å². The summed E-state index contributed by atoms with van der Waals surface area (Å²) in [7, 11) is 1.53. The highest BCUT2D eigenvalue weighted by Crippen LogP contribution is 2.36. The van der Waals surface area contributed by atoms with Crippen LogP contribution in [0, 0.1) is 0 Å². The molecule has 0 aliphatic heterocycles. The predicted octanol–water partition coefficient (Wildman–Crippen LogP) is 2.85. The smallest absolute Gasteiger partial charge is 0.167 e. The maximum Gasteiger partial charge on any atom is 0.167 e. The second kappa shape index (κ2) is 4.63. The highest BCUT2D eigenvalue weighted by molar-refractivity contribution is 6.36. The van der Waals surface area contributed by atoms with Crippen molar-refractivity contribution in [2.24, 2.45) is 0 Å². The molecule has 0 amide bonds. The zero-order valence-corrected chi connectivity index (χ0v) is 9.83. The van der Waals surface area contributed by atoms with Gasteiger partial charge in [-0.15, -0.1) is 0 Å². The molecule has 0 aliphatic rings. The second-order valence-corrected chi connectivity index (χ2v) is 3.77. The Morgan fingerprint density at radius 3 is 2.44 bits per heavy atom. The van der Waals surface area contributed by atoms with Crippen molar-refractivity contribution in [3.8, 4) is 17.1 Å². The molecule has 2 rings (SSSR count). The zero-order valence-electron chi connectivity index (χ0n) is 8.32. The van der Waals surface area contributed by atoms with Crippen LogP contribution in [0.2, 0.25) is 10.0 Å². The molecule has 1 heterocycles. The highest BCUT2D eigenvalue weighted by atomic mass is 35.5. The van der Waals surface area contributed by atoms with E-state index in [-0.39, 0.29) is 0 Å². The van der Waals surface area contributed by atoms with Crippen molar-refractivity contribution in [3.05, 3.63) is 34.8 Å². The van der Waals surface area contributed by atoms with Gasteiger partial charge >= 0.3 is 0 Å². The molecule has 4 nitrogen and oxygen atoms in total. The highest BCUT2D eigenvalue weighted by Gasteiger charge is 2.14. The van der Waals surface area contributed by atoms with E-state index in [1.807, 2.05) is 0 Å². The zero-order chi connectivity index (χ0) is 11.5. The van der Waals surface area contributed by atoms with Crippen molar-refractivity contribution in [2.45, 2.75) is 0 Å². The Kier molecular flexibility index (Phi) is 3.22. The third-order valence-corrected chi connectivity index (χ3v) is 2.47. The molecule has 0 saturated carbocycles. The molecule has 2 aromatic rings. The molecular weight excluding hydrogens is 249 g/mol. The van der Waals surface area contributed by atoms with Crippen molar-refractivity contribution in [3.63, 3.8) is 0 Å². The van der Waals surface area contributed by atoms with Crippen LogP contribution in [0.3, 0.4) is 0 Å². The first kappa shape index (κ1) is 11.1. The van der Waals surface area contributed by atoms with Crippen LogP contribution >= 0.6 is 23.2 Å². The van der Waals surface area contributed by atoms with Gasteiger partial charge in [-0.25, -0.2) is 15.0 Å². The average molecular weight is 256 g/mol. The SMILES string of the molecule is COc1cc(Cl)cc(Cl)c1-c1ncncn1. The Morgan fingerprint density at radius 2 is 1.81 bits per heavy atom. The lowest BCUT2D eigenvalue weighted by atomic mass is 10.2. The molecule has 0 N–H and O–H groups in total. The molecule has 0 spiro atoms. The first-order valence-corrected chi connectivity index (χ1v) is 5.13. The standard InChI is InChI=1S/C10H7Cl2N3O/c1-16-8-3-6(11)2-7(12)9(8)10-14-4-13-5-15-10/h2-5H,1H3. The van der Waals surface area contributed by atoms with E-state index in [0.29, 0.717) is 27.2 Å². The van der Waals surface area contributed by atoms with Gasteiger partial charge in [0.1, 0.15) is 18.4 Å². The number of benzene rings is 1. The van der Waals surface area contributed by atoms with Gasteiger partial charge in [0.15, 0.2) is 5.82 Å². The van der Waals surface area contributed by atoms with Crippen LogP contribution in [0.4, 0.5) is 0 Å². The van der Waals surface area contributed by atoms with Gasteiger partial charge < -0.3 is 4.74 Å². The molecule has 0 saturated heterocycles. The van der Waals surface area contributed by atoms with E-state index in [9.17, 15) is 0 Å². The molecule has 0 radical (unpaired) electrons. The van der Waals surface area contributed by atoms with Crippen LogP contribution in [-0.2, 0) is 0 Å². The predicted molar refractivity (Wildman–Crippen MR) is 61.8 cm³/mol. The lowest BCUT2D eigenvalue weighted by molar-refractivity contribution is 0.416. The van der Waals surface area contributed by atoms with Gasteiger partial charge in [0.2, 0.25) is 0 Å². The summed E-state index contributed by atoms with van der Waals surface area (Å²) < 4.78 is 5.19. The van der Waals surface area contributed by atoms with Crippen molar-refractivity contribution in [1.82, 2.24) is 15.0 Å². The molecule has 0 fully saturated rings. The van der Waals surface area contributed by atoms with Crippen LogP contribution in [0.25, 0.3) is 11.4 Å². The first-order valence-electron chi connectivity index (χ1n) is 4.38. The minimum Gasteiger partial charge on any atom is -0.496 e. The van der Waals surface area contributed by atoms with Crippen LogP contribution in [0.1, 0.15) is 0 Å². The monoisotopic (exact) mass is 255 g/mol. The van der Waals surface area contributed by atoms with Gasteiger partial charge in [-0.2, -0.15) is 0 Å². The van der Waals surface area contributed by atoms with E-state index < -0.39 is 0 Å². The number of hydrogen-bond donors (Lipinski definition) is 0. The summed E-state index contributed by atoms with van der Waals surface area (Å²) in [4.78, 5) is 11.8. The Morgan fingerprint density at radius 1 is 1.12 bits per heavy atom. The van der Waals surface area contributed by atoms with Gasteiger partial charge in [0.25, 0.3) is 0 Å². The Balaban J connectivity index is 2.64. The van der Waals surface area contributed by atoms with Crippen molar-refractivity contribution in [1.29, 1.82) is 0 Å². The summed E-state index contributed by atoms with van der Waals surface area (Å²) in [5.41, 5.74) is 0.607. The fourth-order valence-electron chi connectivity index (χ4n) is 1.30. The number of aromatic nitrogens is 3. The van der Waals surface area contributed by atoms with Gasteiger partial charge in [-0.1, -0.05) is 23.2 Å². The molecule has 0 aliphatic carbocycles. The van der Waals surface area contributed by atoms with Crippen molar-refractivity contribution in [2.75, 3.05) is 7.11 Å². The number of hydrogen-bond acceptors (Lipinski definition) is 4. The molecule has 6 heteroatoms. The normalized spacial score (nSPS) is 10.2. The van der Waals surface area contributed by atoms with E-state index in [0.717, 1.165) is 0 Å². The number of methoxy groups -OCH3 is 1. The topological polar surface area (TPSA) is 47.9 Å². The van der Waals surface area contributed by atoms with Crippen molar-refractivity contribution >= 4 is 23.2 Å². The Bertz CT molecular complexity index is 505. The first-order chi connectivity index (χ1) is 7.72. The van der Waals surface area contributed by atoms with Gasteiger partial charge in [-0.05, 0) is 12.1 Å². The fourth-order valence-corrected chi connectivity index (χ4v) is 1.86. The summed E-state index contributed by atoms with van der Waals surface area (Å²) in [6.45, 7) is 0. The second-order valence-electron chi connectivity index (χ2n) is 2.93. The molecule has 0 bridgehead atoms. The van der Waals surface area contributed by atoms with E-state index in [1.165, 1.54) is 19.8 Å². The Hall–Kier alpha value is -1.39. The van der Waals surface area contributed by atoms with Crippen molar-refractivity contribution < 1.29 is 4.74 Å². The number of rotatable bonds is 2. The number of nitrogens with zero attached hydrogens (tertiary/aromatic N) is 3. The molecule has 0 atom stereocenters. The summed E-state index contributed by atoms with van der Waals surface area (Å²) in [6.07, 6.45) is 2.79. The lowest BCUT2D eigenvalue weighted by Gasteiger charge is -2.09. The minimum atomic E-state index is 0.440. The number of halogens is 2. The molecule has 1 aromatic carbocycles. The minimum absolute atomic E-state index is 0.440. The third-order valence-electron chi connectivity index (χ3n) is 1.96. The van der Waals surface area contributed by atoms with Crippen LogP contribution < -0.4 is 4.74 Å². The van der Waals surface area contributed by atoms with E-state index >= 15 is 0 Å². The van der Waals surface area contributed by atoms with Crippen LogP contribution in [0.5, 0.6) is 5.75 Å². The van der Waals surface area contributed by atoms with Gasteiger partial charge in [0, 0.05) is 5.02 Å².